The van der Waals surface area contributed by atoms with E-state index in [1.807, 2.05) is 6.92 Å². The van der Waals surface area contributed by atoms with Gasteiger partial charge in [0.2, 0.25) is 0 Å². The molecule has 1 aromatic carbocycles. The third-order valence-electron chi connectivity index (χ3n) is 1.62. The van der Waals surface area contributed by atoms with Crippen molar-refractivity contribution in [1.29, 1.82) is 0 Å². The van der Waals surface area contributed by atoms with Crippen LogP contribution >= 0.6 is 15.9 Å². The molecule has 0 saturated heterocycles. The lowest BCUT2D eigenvalue weighted by Crippen LogP contribution is -2.03. The number of hydrazone groups is 1. The molecule has 0 fully saturated rings. The maximum Gasteiger partial charge on any atom is 0.137 e. The summed E-state index contributed by atoms with van der Waals surface area (Å²) in [5, 5.41) is 3.99. The number of nitrogens with one attached hydrogen (secondary N) is 1. The van der Waals surface area contributed by atoms with Crippen LogP contribution in [0.15, 0.2) is 27.8 Å². The molecule has 0 aliphatic rings. The summed E-state index contributed by atoms with van der Waals surface area (Å²) < 4.78 is 13.3. The van der Waals surface area contributed by atoms with Crippen molar-refractivity contribution < 1.29 is 4.39 Å². The molecule has 0 spiro atoms. The molecule has 0 aliphatic heterocycles. The third-order valence-corrected chi connectivity index (χ3v) is 2.22. The molecule has 0 aliphatic carbocycles. The fraction of sp³-hybridized carbons (Fsp3) is 0.222. The Balaban J connectivity index is 3.04. The molecule has 1 N–H and O–H groups in total. The van der Waals surface area contributed by atoms with E-state index in [1.54, 1.807) is 19.2 Å². The van der Waals surface area contributed by atoms with E-state index in [4.69, 9.17) is 0 Å². The van der Waals surface area contributed by atoms with Crippen molar-refractivity contribution in [3.05, 3.63) is 34.1 Å². The van der Waals surface area contributed by atoms with Gasteiger partial charge in [0, 0.05) is 7.05 Å². The molecule has 4 heteroatoms. The highest BCUT2D eigenvalue weighted by Crippen LogP contribution is 2.17. The first kappa shape index (κ1) is 10.2. The molecule has 0 atom stereocenters. The van der Waals surface area contributed by atoms with Gasteiger partial charge < -0.3 is 5.43 Å². The molecule has 0 radical (unpaired) electrons. The standard InChI is InChI=1S/C9H10BrFN2/c1-6(13-12-2)7-3-4-9(11)8(10)5-7/h3-5,12H,1-2H3/b13-6-. The van der Waals surface area contributed by atoms with Crippen LogP contribution < -0.4 is 5.43 Å². The van der Waals surface area contributed by atoms with Crippen LogP contribution in [0.25, 0.3) is 0 Å². The summed E-state index contributed by atoms with van der Waals surface area (Å²) in [7, 11) is 1.72. The minimum absolute atomic E-state index is 0.263. The lowest BCUT2D eigenvalue weighted by atomic mass is 10.1. The monoisotopic (exact) mass is 244 g/mol. The van der Waals surface area contributed by atoms with Gasteiger partial charge in [-0.05, 0) is 40.5 Å². The van der Waals surface area contributed by atoms with E-state index in [9.17, 15) is 4.39 Å². The zero-order valence-electron chi connectivity index (χ0n) is 7.44. The molecule has 0 amide bonds. The summed E-state index contributed by atoms with van der Waals surface area (Å²) in [4.78, 5) is 0. The van der Waals surface area contributed by atoms with Crippen molar-refractivity contribution in [2.24, 2.45) is 5.10 Å². The molecule has 0 saturated carbocycles. The summed E-state index contributed by atoms with van der Waals surface area (Å²) >= 11 is 3.12. The molecule has 13 heavy (non-hydrogen) atoms. The number of rotatable bonds is 2. The summed E-state index contributed by atoms with van der Waals surface area (Å²) in [5.74, 6) is -0.263. The van der Waals surface area contributed by atoms with Crippen LogP contribution in [-0.2, 0) is 0 Å². The van der Waals surface area contributed by atoms with Crippen molar-refractivity contribution in [1.82, 2.24) is 5.43 Å². The quantitative estimate of drug-likeness (QED) is 0.628. The van der Waals surface area contributed by atoms with Crippen LogP contribution in [0, 0.1) is 5.82 Å². The Labute approximate surface area is 85.0 Å². The average molecular weight is 245 g/mol. The first-order chi connectivity index (χ1) is 6.15. The minimum Gasteiger partial charge on any atom is -0.313 e. The Morgan fingerprint density at radius 3 is 2.77 bits per heavy atom. The fourth-order valence-electron chi connectivity index (χ4n) is 0.953. The van der Waals surface area contributed by atoms with E-state index in [0.29, 0.717) is 4.47 Å². The van der Waals surface area contributed by atoms with Gasteiger partial charge >= 0.3 is 0 Å². The second kappa shape index (κ2) is 4.37. The van der Waals surface area contributed by atoms with E-state index in [-0.39, 0.29) is 5.82 Å². The van der Waals surface area contributed by atoms with Crippen LogP contribution in [0.4, 0.5) is 4.39 Å². The highest BCUT2D eigenvalue weighted by molar-refractivity contribution is 9.10. The molecular weight excluding hydrogens is 235 g/mol. The third kappa shape index (κ3) is 2.52. The Morgan fingerprint density at radius 2 is 2.23 bits per heavy atom. The van der Waals surface area contributed by atoms with Gasteiger partial charge in [0.05, 0.1) is 10.2 Å². The van der Waals surface area contributed by atoms with Crippen LogP contribution in [0.1, 0.15) is 12.5 Å². The Hall–Kier alpha value is -0.900. The zero-order valence-corrected chi connectivity index (χ0v) is 9.02. The Bertz CT molecular complexity index is 336. The maximum atomic E-state index is 12.8. The van der Waals surface area contributed by atoms with Crippen molar-refractivity contribution in [3.63, 3.8) is 0 Å². The highest BCUT2D eigenvalue weighted by Gasteiger charge is 2.02. The number of halogens is 2. The van der Waals surface area contributed by atoms with E-state index >= 15 is 0 Å². The molecule has 0 aromatic heterocycles. The maximum absolute atomic E-state index is 12.8. The van der Waals surface area contributed by atoms with Crippen molar-refractivity contribution >= 4 is 21.6 Å². The summed E-state index contributed by atoms with van der Waals surface area (Å²) in [6.07, 6.45) is 0. The van der Waals surface area contributed by atoms with Gasteiger partial charge in [-0.15, -0.1) is 0 Å². The van der Waals surface area contributed by atoms with Gasteiger partial charge in [-0.1, -0.05) is 6.07 Å². The van der Waals surface area contributed by atoms with Crippen LogP contribution in [0.5, 0.6) is 0 Å². The Morgan fingerprint density at radius 1 is 1.54 bits per heavy atom. The zero-order chi connectivity index (χ0) is 9.84. The largest absolute Gasteiger partial charge is 0.313 e. The predicted octanol–water partition coefficient (Wildman–Crippen LogP) is 2.53. The first-order valence-electron chi connectivity index (χ1n) is 3.81. The lowest BCUT2D eigenvalue weighted by molar-refractivity contribution is 0.621. The van der Waals surface area contributed by atoms with Crippen molar-refractivity contribution in [2.75, 3.05) is 7.05 Å². The summed E-state index contributed by atoms with van der Waals surface area (Å²) in [5.41, 5.74) is 4.39. The molecule has 0 heterocycles. The average Bonchev–Trinajstić information content (AvgIpc) is 2.10. The topological polar surface area (TPSA) is 24.4 Å². The van der Waals surface area contributed by atoms with E-state index in [2.05, 4.69) is 26.5 Å². The molecule has 1 aromatic rings. The highest BCUT2D eigenvalue weighted by atomic mass is 79.9. The van der Waals surface area contributed by atoms with E-state index < -0.39 is 0 Å². The number of benzene rings is 1. The summed E-state index contributed by atoms with van der Waals surface area (Å²) in [6, 6.07) is 4.80. The molecule has 70 valence electrons. The predicted molar refractivity (Wildman–Crippen MR) is 55.4 cm³/mol. The van der Waals surface area contributed by atoms with Gasteiger partial charge in [0.15, 0.2) is 0 Å². The number of hydrogen-bond donors (Lipinski definition) is 1. The van der Waals surface area contributed by atoms with Gasteiger partial charge in [0.25, 0.3) is 0 Å². The van der Waals surface area contributed by atoms with E-state index in [0.717, 1.165) is 11.3 Å². The van der Waals surface area contributed by atoms with E-state index in [1.165, 1.54) is 6.07 Å². The second-order valence-electron chi connectivity index (χ2n) is 2.55. The number of hydrogen-bond acceptors (Lipinski definition) is 2. The fourth-order valence-corrected chi connectivity index (χ4v) is 1.33. The van der Waals surface area contributed by atoms with Crippen LogP contribution in [-0.4, -0.2) is 12.8 Å². The molecule has 0 unspecified atom stereocenters. The van der Waals surface area contributed by atoms with Crippen LogP contribution in [0.2, 0.25) is 0 Å². The van der Waals surface area contributed by atoms with Crippen LogP contribution in [0.3, 0.4) is 0 Å². The van der Waals surface area contributed by atoms with Gasteiger partial charge in [-0.2, -0.15) is 5.10 Å². The molecule has 1 rings (SSSR count). The number of nitrogens with zero attached hydrogens (tertiary/aromatic N) is 1. The van der Waals surface area contributed by atoms with Gasteiger partial charge in [-0.3, -0.25) is 0 Å². The van der Waals surface area contributed by atoms with Crippen molar-refractivity contribution in [3.8, 4) is 0 Å². The van der Waals surface area contributed by atoms with Crippen molar-refractivity contribution in [2.45, 2.75) is 6.92 Å². The molecule has 2 nitrogen and oxygen atoms in total. The molecule has 0 bridgehead atoms. The summed E-state index contributed by atoms with van der Waals surface area (Å²) in [6.45, 7) is 1.86. The first-order valence-corrected chi connectivity index (χ1v) is 4.61. The SMILES string of the molecule is CN/N=C(/C)c1ccc(F)c(Br)c1. The lowest BCUT2D eigenvalue weighted by Gasteiger charge is -2.01. The normalized spacial score (nSPS) is 11.5. The molecular formula is C9H10BrFN2. The smallest absolute Gasteiger partial charge is 0.137 e. The van der Waals surface area contributed by atoms with Gasteiger partial charge in [0.1, 0.15) is 5.82 Å². The second-order valence-corrected chi connectivity index (χ2v) is 3.40. The van der Waals surface area contributed by atoms with Gasteiger partial charge in [-0.25, -0.2) is 4.39 Å². The minimum atomic E-state index is -0.263. The Kier molecular flexibility index (Phi) is 3.42.